The summed E-state index contributed by atoms with van der Waals surface area (Å²) in [5.41, 5.74) is 6.96. The maximum atomic E-state index is 12.2. The van der Waals surface area contributed by atoms with Gasteiger partial charge in [-0.25, -0.2) is 0 Å². The summed E-state index contributed by atoms with van der Waals surface area (Å²) in [6.07, 6.45) is 0.923. The molecule has 2 aliphatic heterocycles. The lowest BCUT2D eigenvalue weighted by molar-refractivity contribution is -0.112. The molecule has 1 N–H and O–H groups in total. The molecule has 0 aromatic heterocycles. The molecule has 4 rings (SSSR count). The van der Waals surface area contributed by atoms with Gasteiger partial charge in [0.05, 0.1) is 11.3 Å². The topological polar surface area (TPSA) is 49.4 Å². The van der Waals surface area contributed by atoms with Crippen LogP contribution in [0.4, 0.5) is 5.69 Å². The minimum atomic E-state index is -0.517. The lowest BCUT2D eigenvalue weighted by atomic mass is 9.87. The fourth-order valence-corrected chi connectivity index (χ4v) is 3.50. The summed E-state index contributed by atoms with van der Waals surface area (Å²) >= 11 is 0. The Bertz CT molecular complexity index is 837. The number of likely N-dealkylation sites (N-methyl/N-ethyl adjacent to an activating group) is 1. The van der Waals surface area contributed by atoms with Gasteiger partial charge >= 0.3 is 0 Å². The molecule has 0 saturated heterocycles. The number of benzene rings is 2. The third kappa shape index (κ3) is 2.18. The smallest absolute Gasteiger partial charge is 0.296 e. The second-order valence-corrected chi connectivity index (χ2v) is 6.44. The van der Waals surface area contributed by atoms with Gasteiger partial charge in [0.1, 0.15) is 0 Å². The Labute approximate surface area is 135 Å². The SMILES string of the molecule is Cc1ccc(-c2cc3c(c4c2CCN(C)C4)NC(=O)C3=O)cc1. The number of hydrogen-bond acceptors (Lipinski definition) is 3. The minimum Gasteiger partial charge on any atom is -0.318 e. The van der Waals surface area contributed by atoms with Crippen LogP contribution < -0.4 is 5.32 Å². The van der Waals surface area contributed by atoms with Crippen molar-refractivity contribution in [2.75, 3.05) is 18.9 Å². The van der Waals surface area contributed by atoms with Gasteiger partial charge in [0.25, 0.3) is 11.7 Å². The van der Waals surface area contributed by atoms with E-state index in [1.165, 1.54) is 11.1 Å². The van der Waals surface area contributed by atoms with Crippen LogP contribution >= 0.6 is 0 Å². The molecule has 2 aliphatic rings. The Hall–Kier alpha value is -2.46. The van der Waals surface area contributed by atoms with Crippen molar-refractivity contribution in [3.63, 3.8) is 0 Å². The van der Waals surface area contributed by atoms with Crippen LogP contribution in [0.25, 0.3) is 11.1 Å². The van der Waals surface area contributed by atoms with Crippen molar-refractivity contribution in [3.05, 3.63) is 52.6 Å². The van der Waals surface area contributed by atoms with Crippen molar-refractivity contribution < 1.29 is 9.59 Å². The van der Waals surface area contributed by atoms with E-state index in [-0.39, 0.29) is 0 Å². The number of ketones is 1. The van der Waals surface area contributed by atoms with Crippen LogP contribution in [-0.2, 0) is 17.8 Å². The van der Waals surface area contributed by atoms with E-state index in [1.54, 1.807) is 0 Å². The van der Waals surface area contributed by atoms with E-state index in [4.69, 9.17) is 0 Å². The van der Waals surface area contributed by atoms with Crippen molar-refractivity contribution in [1.82, 2.24) is 4.90 Å². The molecule has 0 bridgehead atoms. The number of carbonyl (C=O) groups is 2. The van der Waals surface area contributed by atoms with E-state index in [9.17, 15) is 9.59 Å². The van der Waals surface area contributed by atoms with E-state index in [1.807, 2.05) is 6.07 Å². The average Bonchev–Trinajstić information content (AvgIpc) is 2.83. The Balaban J connectivity index is 1.97. The Morgan fingerprint density at radius 3 is 2.52 bits per heavy atom. The van der Waals surface area contributed by atoms with E-state index >= 15 is 0 Å². The van der Waals surface area contributed by atoms with Crippen LogP contribution in [-0.4, -0.2) is 30.2 Å². The molecule has 2 heterocycles. The largest absolute Gasteiger partial charge is 0.318 e. The Morgan fingerprint density at radius 1 is 1.04 bits per heavy atom. The molecule has 0 spiro atoms. The molecular weight excluding hydrogens is 288 g/mol. The zero-order valence-electron chi connectivity index (χ0n) is 13.3. The van der Waals surface area contributed by atoms with E-state index < -0.39 is 11.7 Å². The number of nitrogens with zero attached hydrogens (tertiary/aromatic N) is 1. The number of fused-ring (bicyclic) bond motifs is 3. The summed E-state index contributed by atoms with van der Waals surface area (Å²) in [4.78, 5) is 26.2. The van der Waals surface area contributed by atoms with Gasteiger partial charge in [-0.15, -0.1) is 0 Å². The molecule has 2 aromatic rings. The van der Waals surface area contributed by atoms with E-state index in [0.717, 1.165) is 41.9 Å². The second-order valence-electron chi connectivity index (χ2n) is 6.44. The van der Waals surface area contributed by atoms with Crippen molar-refractivity contribution in [1.29, 1.82) is 0 Å². The summed E-state index contributed by atoms with van der Waals surface area (Å²) in [5.74, 6) is -0.944. The molecule has 4 nitrogen and oxygen atoms in total. The number of carbonyl (C=O) groups excluding carboxylic acids is 2. The molecule has 0 fully saturated rings. The van der Waals surface area contributed by atoms with Crippen molar-refractivity contribution in [2.24, 2.45) is 0 Å². The Kier molecular flexibility index (Phi) is 3.10. The maximum Gasteiger partial charge on any atom is 0.296 e. The van der Waals surface area contributed by atoms with Crippen LogP contribution in [0.5, 0.6) is 0 Å². The molecule has 1 amide bonds. The van der Waals surface area contributed by atoms with Crippen LogP contribution in [0.1, 0.15) is 27.0 Å². The number of Topliss-reactive ketones (excluding diaryl/α,β-unsaturated/α-hetero) is 1. The molecule has 0 unspecified atom stereocenters. The summed E-state index contributed by atoms with van der Waals surface area (Å²) in [7, 11) is 2.06. The molecule has 116 valence electrons. The number of rotatable bonds is 1. The standard InChI is InChI=1S/C19H18N2O2/c1-11-3-5-12(6-4-11)14-9-15-17(20-19(23)18(15)22)16-10-21(2)8-7-13(14)16/h3-6,9H,7-8,10H2,1-2H3,(H,20,22,23). The molecule has 2 aromatic carbocycles. The number of aryl methyl sites for hydroxylation is 1. The Morgan fingerprint density at radius 2 is 1.78 bits per heavy atom. The molecular formula is C19H18N2O2. The van der Waals surface area contributed by atoms with Crippen LogP contribution in [0.2, 0.25) is 0 Å². The van der Waals surface area contributed by atoms with Gasteiger partial charge in [0.15, 0.2) is 0 Å². The predicted octanol–water partition coefficient (Wildman–Crippen LogP) is 2.78. The van der Waals surface area contributed by atoms with Gasteiger partial charge in [-0.3, -0.25) is 9.59 Å². The van der Waals surface area contributed by atoms with Crippen LogP contribution in [0, 0.1) is 6.92 Å². The summed E-state index contributed by atoms with van der Waals surface area (Å²) < 4.78 is 0. The highest BCUT2D eigenvalue weighted by Crippen LogP contribution is 2.39. The highest BCUT2D eigenvalue weighted by molar-refractivity contribution is 6.52. The van der Waals surface area contributed by atoms with Crippen molar-refractivity contribution in [2.45, 2.75) is 19.9 Å². The third-order valence-corrected chi connectivity index (χ3v) is 4.77. The number of amides is 1. The molecule has 0 atom stereocenters. The summed E-state index contributed by atoms with van der Waals surface area (Å²) in [6, 6.07) is 10.2. The van der Waals surface area contributed by atoms with E-state index in [2.05, 4.69) is 48.5 Å². The fourth-order valence-electron chi connectivity index (χ4n) is 3.50. The maximum absolute atomic E-state index is 12.2. The van der Waals surface area contributed by atoms with Gasteiger partial charge in [-0.2, -0.15) is 0 Å². The molecule has 0 aliphatic carbocycles. The van der Waals surface area contributed by atoms with Gasteiger partial charge in [0.2, 0.25) is 0 Å². The fraction of sp³-hybridized carbons (Fsp3) is 0.263. The van der Waals surface area contributed by atoms with E-state index in [0.29, 0.717) is 5.56 Å². The molecule has 0 saturated carbocycles. The lowest BCUT2D eigenvalue weighted by Gasteiger charge is -2.29. The zero-order chi connectivity index (χ0) is 16.1. The minimum absolute atomic E-state index is 0.426. The van der Waals surface area contributed by atoms with Crippen molar-refractivity contribution in [3.8, 4) is 11.1 Å². The number of anilines is 1. The molecule has 23 heavy (non-hydrogen) atoms. The normalized spacial score (nSPS) is 17.0. The summed E-state index contributed by atoms with van der Waals surface area (Å²) in [5, 5.41) is 2.77. The van der Waals surface area contributed by atoms with Gasteiger partial charge < -0.3 is 10.2 Å². The summed E-state index contributed by atoms with van der Waals surface area (Å²) in [6.45, 7) is 3.79. The first-order valence-corrected chi connectivity index (χ1v) is 7.84. The molecule has 4 heteroatoms. The van der Waals surface area contributed by atoms with Crippen molar-refractivity contribution >= 4 is 17.4 Å². The van der Waals surface area contributed by atoms with Gasteiger partial charge in [0, 0.05) is 13.1 Å². The first-order chi connectivity index (χ1) is 11.0. The van der Waals surface area contributed by atoms with Gasteiger partial charge in [-0.1, -0.05) is 29.8 Å². The zero-order valence-corrected chi connectivity index (χ0v) is 13.3. The average molecular weight is 306 g/mol. The predicted molar refractivity (Wildman–Crippen MR) is 89.6 cm³/mol. The first-order valence-electron chi connectivity index (χ1n) is 7.84. The van der Waals surface area contributed by atoms with Crippen LogP contribution in [0.3, 0.4) is 0 Å². The monoisotopic (exact) mass is 306 g/mol. The number of hydrogen-bond donors (Lipinski definition) is 1. The van der Waals surface area contributed by atoms with Gasteiger partial charge in [-0.05, 0) is 48.7 Å². The second kappa shape index (κ2) is 5.03. The molecule has 0 radical (unpaired) electrons. The quantitative estimate of drug-likeness (QED) is 0.824. The number of nitrogens with one attached hydrogen (secondary N) is 1. The highest BCUT2D eigenvalue weighted by Gasteiger charge is 2.34. The van der Waals surface area contributed by atoms with Crippen LogP contribution in [0.15, 0.2) is 30.3 Å². The third-order valence-electron chi connectivity index (χ3n) is 4.77. The first kappa shape index (κ1) is 14.2. The highest BCUT2D eigenvalue weighted by atomic mass is 16.2. The lowest BCUT2D eigenvalue weighted by Crippen LogP contribution is -2.27.